The van der Waals surface area contributed by atoms with Gasteiger partial charge in [-0.1, -0.05) is 12.1 Å². The van der Waals surface area contributed by atoms with Gasteiger partial charge in [0, 0.05) is 17.3 Å². The molecule has 0 bridgehead atoms. The van der Waals surface area contributed by atoms with Crippen molar-refractivity contribution < 1.29 is 32.3 Å². The van der Waals surface area contributed by atoms with E-state index in [9.17, 15) is 18.0 Å². The number of ether oxygens (including phenoxy) is 2. The second-order valence-corrected chi connectivity index (χ2v) is 5.82. The summed E-state index contributed by atoms with van der Waals surface area (Å²) in [5, 5.41) is 2.61. The standard InChI is InChI=1S/C17H15F3N2O3/c1-22(9-11-3-2-4-12(18)7-11)10-16(23)21-13-5-6-14-15(8-13)25-17(19,20)24-14/h2-8H,9-10H2,1H3,(H,21,23)/p+1. The Morgan fingerprint density at radius 3 is 2.68 bits per heavy atom. The molecule has 2 N–H and O–H groups in total. The van der Waals surface area contributed by atoms with Crippen LogP contribution in [0.2, 0.25) is 0 Å². The first-order valence-electron chi connectivity index (χ1n) is 7.56. The second kappa shape index (κ2) is 6.64. The van der Waals surface area contributed by atoms with E-state index >= 15 is 0 Å². The van der Waals surface area contributed by atoms with Gasteiger partial charge >= 0.3 is 6.29 Å². The molecule has 5 nitrogen and oxygen atoms in total. The molecule has 0 aromatic heterocycles. The van der Waals surface area contributed by atoms with Gasteiger partial charge in [0.1, 0.15) is 12.4 Å². The minimum atomic E-state index is -3.69. The van der Waals surface area contributed by atoms with Crippen molar-refractivity contribution in [1.82, 2.24) is 0 Å². The van der Waals surface area contributed by atoms with Gasteiger partial charge in [-0.2, -0.15) is 0 Å². The number of hydrogen-bond acceptors (Lipinski definition) is 3. The maximum absolute atomic E-state index is 13.2. The molecule has 3 rings (SSSR count). The number of hydrogen-bond donors (Lipinski definition) is 2. The molecule has 0 aliphatic carbocycles. The quantitative estimate of drug-likeness (QED) is 0.862. The van der Waals surface area contributed by atoms with Crippen LogP contribution in [0.15, 0.2) is 42.5 Å². The molecule has 25 heavy (non-hydrogen) atoms. The van der Waals surface area contributed by atoms with E-state index in [4.69, 9.17) is 0 Å². The number of nitrogens with one attached hydrogen (secondary N) is 2. The van der Waals surface area contributed by atoms with Crippen LogP contribution in [0.1, 0.15) is 5.56 Å². The van der Waals surface area contributed by atoms with Gasteiger partial charge in [-0.05, 0) is 24.3 Å². The van der Waals surface area contributed by atoms with E-state index in [-0.39, 0.29) is 29.8 Å². The Bertz CT molecular complexity index is 798. The third-order valence-electron chi connectivity index (χ3n) is 3.54. The van der Waals surface area contributed by atoms with E-state index in [2.05, 4.69) is 14.8 Å². The van der Waals surface area contributed by atoms with E-state index in [1.54, 1.807) is 19.2 Å². The van der Waals surface area contributed by atoms with Crippen molar-refractivity contribution in [1.29, 1.82) is 0 Å². The van der Waals surface area contributed by atoms with Gasteiger partial charge in [-0.15, -0.1) is 8.78 Å². The fourth-order valence-electron chi connectivity index (χ4n) is 2.56. The number of benzene rings is 2. The summed E-state index contributed by atoms with van der Waals surface area (Å²) >= 11 is 0. The molecule has 0 spiro atoms. The molecule has 1 heterocycles. The molecule has 2 aromatic rings. The summed E-state index contributed by atoms with van der Waals surface area (Å²) in [6.07, 6.45) is -3.69. The Morgan fingerprint density at radius 2 is 1.92 bits per heavy atom. The summed E-state index contributed by atoms with van der Waals surface area (Å²) < 4.78 is 47.8. The summed E-state index contributed by atoms with van der Waals surface area (Å²) in [6, 6.07) is 10.2. The summed E-state index contributed by atoms with van der Waals surface area (Å²) in [5.74, 6) is -0.855. The van der Waals surface area contributed by atoms with Gasteiger partial charge in [0.2, 0.25) is 0 Å². The molecule has 1 unspecified atom stereocenters. The average Bonchev–Trinajstić information content (AvgIpc) is 2.80. The SMILES string of the molecule is C[NH+](CC(=O)Nc1ccc2c(c1)OC(F)(F)O2)Cc1cccc(F)c1. The Morgan fingerprint density at radius 1 is 1.16 bits per heavy atom. The number of anilines is 1. The molecule has 1 atom stereocenters. The third-order valence-corrected chi connectivity index (χ3v) is 3.54. The molecule has 132 valence electrons. The highest BCUT2D eigenvalue weighted by Crippen LogP contribution is 2.42. The van der Waals surface area contributed by atoms with Crippen molar-refractivity contribution in [2.24, 2.45) is 0 Å². The van der Waals surface area contributed by atoms with Crippen LogP contribution in [0.3, 0.4) is 0 Å². The van der Waals surface area contributed by atoms with Crippen LogP contribution >= 0.6 is 0 Å². The zero-order valence-electron chi connectivity index (χ0n) is 13.3. The molecular weight excluding hydrogens is 337 g/mol. The topological polar surface area (TPSA) is 52.0 Å². The number of likely N-dealkylation sites (N-methyl/N-ethyl adjacent to an activating group) is 1. The number of carbonyl (C=O) groups is 1. The van der Waals surface area contributed by atoms with Gasteiger partial charge in [0.05, 0.1) is 7.05 Å². The smallest absolute Gasteiger partial charge is 0.395 e. The van der Waals surface area contributed by atoms with Gasteiger partial charge < -0.3 is 19.7 Å². The van der Waals surface area contributed by atoms with E-state index in [0.29, 0.717) is 12.2 Å². The Labute approximate surface area is 142 Å². The average molecular weight is 353 g/mol. The lowest BCUT2D eigenvalue weighted by atomic mass is 10.2. The first-order valence-corrected chi connectivity index (χ1v) is 7.56. The van der Waals surface area contributed by atoms with Gasteiger partial charge in [-0.3, -0.25) is 4.79 Å². The highest BCUT2D eigenvalue weighted by Gasteiger charge is 2.43. The lowest BCUT2D eigenvalue weighted by molar-refractivity contribution is -0.885. The van der Waals surface area contributed by atoms with Crippen LogP contribution in [0.25, 0.3) is 0 Å². The predicted molar refractivity (Wildman–Crippen MR) is 83.1 cm³/mol. The molecule has 8 heteroatoms. The molecule has 0 saturated heterocycles. The monoisotopic (exact) mass is 353 g/mol. The molecule has 1 amide bonds. The third kappa shape index (κ3) is 4.42. The van der Waals surface area contributed by atoms with Crippen LogP contribution in [0.5, 0.6) is 11.5 Å². The summed E-state index contributed by atoms with van der Waals surface area (Å²) in [5.41, 5.74) is 1.10. The number of alkyl halides is 2. The van der Waals surface area contributed by atoms with Crippen LogP contribution in [0.4, 0.5) is 18.9 Å². The minimum absolute atomic E-state index is 0.0863. The summed E-state index contributed by atoms with van der Waals surface area (Å²) in [6.45, 7) is 0.597. The number of amides is 1. The van der Waals surface area contributed by atoms with E-state index in [1.165, 1.54) is 30.3 Å². The molecule has 2 aromatic carbocycles. The van der Waals surface area contributed by atoms with Crippen molar-refractivity contribution in [3.8, 4) is 11.5 Å². The second-order valence-electron chi connectivity index (χ2n) is 5.82. The van der Waals surface area contributed by atoms with Crippen molar-refractivity contribution in [2.75, 3.05) is 18.9 Å². The van der Waals surface area contributed by atoms with Gasteiger partial charge in [0.15, 0.2) is 18.0 Å². The van der Waals surface area contributed by atoms with Crippen LogP contribution in [-0.4, -0.2) is 25.8 Å². The zero-order chi connectivity index (χ0) is 18.0. The highest BCUT2D eigenvalue weighted by molar-refractivity contribution is 5.91. The molecular formula is C17H16F3N2O3+. The fraction of sp³-hybridized carbons (Fsp3) is 0.235. The lowest BCUT2D eigenvalue weighted by Crippen LogP contribution is -3.08. The largest absolute Gasteiger partial charge is 0.586 e. The van der Waals surface area contributed by atoms with E-state index in [0.717, 1.165) is 10.5 Å². The number of halogens is 3. The molecule has 0 radical (unpaired) electrons. The van der Waals surface area contributed by atoms with Crippen LogP contribution < -0.4 is 19.7 Å². The number of quaternary nitrogens is 1. The first kappa shape index (κ1) is 17.1. The fourth-order valence-corrected chi connectivity index (χ4v) is 2.56. The Kier molecular flexibility index (Phi) is 4.54. The normalized spacial score (nSPS) is 15.7. The highest BCUT2D eigenvalue weighted by atomic mass is 19.3. The molecule has 0 fully saturated rings. The molecule has 0 saturated carbocycles. The van der Waals surface area contributed by atoms with Crippen molar-refractivity contribution in [3.63, 3.8) is 0 Å². The lowest BCUT2D eigenvalue weighted by Gasteiger charge is -2.14. The van der Waals surface area contributed by atoms with Gasteiger partial charge in [0.25, 0.3) is 5.91 Å². The molecule has 1 aliphatic rings. The Hall–Kier alpha value is -2.74. The van der Waals surface area contributed by atoms with Crippen molar-refractivity contribution in [3.05, 3.63) is 53.8 Å². The Balaban J connectivity index is 1.56. The minimum Gasteiger partial charge on any atom is -0.395 e. The van der Waals surface area contributed by atoms with E-state index in [1.807, 2.05) is 0 Å². The number of carbonyl (C=O) groups excluding carboxylic acids is 1. The van der Waals surface area contributed by atoms with Crippen LogP contribution in [-0.2, 0) is 11.3 Å². The van der Waals surface area contributed by atoms with Gasteiger partial charge in [-0.25, -0.2) is 4.39 Å². The van der Waals surface area contributed by atoms with Crippen LogP contribution in [0, 0.1) is 5.82 Å². The maximum Gasteiger partial charge on any atom is 0.586 e. The first-order chi connectivity index (χ1) is 11.8. The summed E-state index contributed by atoms with van der Waals surface area (Å²) in [7, 11) is 1.80. The van der Waals surface area contributed by atoms with Crippen molar-refractivity contribution in [2.45, 2.75) is 12.8 Å². The molecule has 1 aliphatic heterocycles. The zero-order valence-corrected chi connectivity index (χ0v) is 13.3. The predicted octanol–water partition coefficient (Wildman–Crippen LogP) is 1.80. The van der Waals surface area contributed by atoms with Crippen molar-refractivity contribution >= 4 is 11.6 Å². The van der Waals surface area contributed by atoms with E-state index < -0.39 is 6.29 Å². The maximum atomic E-state index is 13.2. The number of rotatable bonds is 5. The summed E-state index contributed by atoms with van der Waals surface area (Å²) in [4.78, 5) is 12.9. The number of fused-ring (bicyclic) bond motifs is 1.